The number of hydrogen-bond donors (Lipinski definition) is 1. The minimum absolute atomic E-state index is 0.414. The summed E-state index contributed by atoms with van der Waals surface area (Å²) in [6.07, 6.45) is 10.1. The summed E-state index contributed by atoms with van der Waals surface area (Å²) in [4.78, 5) is 12.1. The van der Waals surface area contributed by atoms with Crippen LogP contribution in [0.5, 0.6) is 0 Å². The number of rotatable bonds is 4. The Bertz CT molecular complexity index is 592. The predicted octanol–water partition coefficient (Wildman–Crippen LogP) is 3.74. The molecule has 25 heavy (non-hydrogen) atoms. The van der Waals surface area contributed by atoms with Gasteiger partial charge in [0, 0.05) is 18.9 Å². The highest BCUT2D eigenvalue weighted by Gasteiger charge is 2.35. The maximum atomic E-state index is 4.70. The summed E-state index contributed by atoms with van der Waals surface area (Å²) in [5.41, 5.74) is 2.44. The van der Waals surface area contributed by atoms with E-state index in [1.54, 1.807) is 0 Å². The third-order valence-corrected chi connectivity index (χ3v) is 5.74. The summed E-state index contributed by atoms with van der Waals surface area (Å²) in [6.45, 7) is 3.46. The van der Waals surface area contributed by atoms with Gasteiger partial charge in [0.25, 0.3) is 0 Å². The van der Waals surface area contributed by atoms with Gasteiger partial charge in [0.2, 0.25) is 0 Å². The Labute approximate surface area is 150 Å². The summed E-state index contributed by atoms with van der Waals surface area (Å²) in [7, 11) is 0. The highest BCUT2D eigenvalue weighted by Crippen LogP contribution is 2.41. The molecule has 2 aromatic heterocycles. The lowest BCUT2D eigenvalue weighted by atomic mass is 9.88. The summed E-state index contributed by atoms with van der Waals surface area (Å²) < 4.78 is 0. The van der Waals surface area contributed by atoms with E-state index in [1.807, 2.05) is 24.5 Å². The molecule has 0 aromatic carbocycles. The van der Waals surface area contributed by atoms with Gasteiger partial charge in [-0.25, -0.2) is 0 Å². The lowest BCUT2D eigenvalue weighted by molar-refractivity contribution is 0.0535. The molecule has 1 N–H and O–H groups in total. The fourth-order valence-corrected chi connectivity index (χ4v) is 4.45. The van der Waals surface area contributed by atoms with Crippen LogP contribution in [0, 0.1) is 5.92 Å². The molecule has 4 heterocycles. The molecule has 0 amide bonds. The molecule has 2 saturated heterocycles. The fourth-order valence-electron chi connectivity index (χ4n) is 4.45. The Hall–Kier alpha value is -1.78. The predicted molar refractivity (Wildman–Crippen MR) is 100 cm³/mol. The molecular formula is C21H28N4. The number of nitrogens with one attached hydrogen (secondary N) is 1. The van der Waals surface area contributed by atoms with Crippen molar-refractivity contribution in [1.82, 2.24) is 20.2 Å². The molecule has 0 aliphatic carbocycles. The zero-order chi connectivity index (χ0) is 16.9. The lowest BCUT2D eigenvalue weighted by Gasteiger charge is -2.44. The SMILES string of the molecule is c1ccc(C2CCCC(c3ccccn3)N2CC2CCNCC2)nc1. The van der Waals surface area contributed by atoms with Gasteiger partial charge in [-0.05, 0) is 75.4 Å². The normalized spacial score (nSPS) is 25.8. The van der Waals surface area contributed by atoms with E-state index in [9.17, 15) is 0 Å². The number of aromatic nitrogens is 2. The maximum Gasteiger partial charge on any atom is 0.0575 e. The first kappa shape index (κ1) is 16.7. The lowest BCUT2D eigenvalue weighted by Crippen LogP contribution is -2.42. The smallest absolute Gasteiger partial charge is 0.0575 e. The minimum atomic E-state index is 0.414. The molecule has 132 valence electrons. The van der Waals surface area contributed by atoms with Crippen LogP contribution in [0.3, 0.4) is 0 Å². The number of pyridine rings is 2. The van der Waals surface area contributed by atoms with Crippen molar-refractivity contribution in [2.24, 2.45) is 5.92 Å². The second kappa shape index (κ2) is 8.07. The summed E-state index contributed by atoms with van der Waals surface area (Å²) in [5, 5.41) is 3.49. The van der Waals surface area contributed by atoms with Crippen LogP contribution in [-0.4, -0.2) is 34.5 Å². The van der Waals surface area contributed by atoms with Crippen molar-refractivity contribution in [3.05, 3.63) is 60.2 Å². The Morgan fingerprint density at radius 1 is 0.840 bits per heavy atom. The van der Waals surface area contributed by atoms with Gasteiger partial charge in [0.1, 0.15) is 0 Å². The molecule has 4 rings (SSSR count). The number of piperidine rings is 2. The van der Waals surface area contributed by atoms with Crippen molar-refractivity contribution in [2.45, 2.75) is 44.2 Å². The topological polar surface area (TPSA) is 41.1 Å². The molecule has 2 aliphatic heterocycles. The van der Waals surface area contributed by atoms with Crippen LogP contribution in [0.1, 0.15) is 55.6 Å². The Morgan fingerprint density at radius 2 is 1.44 bits per heavy atom. The van der Waals surface area contributed by atoms with Crippen molar-refractivity contribution in [1.29, 1.82) is 0 Å². The maximum absolute atomic E-state index is 4.70. The summed E-state index contributed by atoms with van der Waals surface area (Å²) >= 11 is 0. The van der Waals surface area contributed by atoms with E-state index in [0.29, 0.717) is 12.1 Å². The third kappa shape index (κ3) is 3.91. The Morgan fingerprint density at radius 3 is 1.96 bits per heavy atom. The molecule has 0 spiro atoms. The van der Waals surface area contributed by atoms with E-state index in [4.69, 9.17) is 9.97 Å². The minimum Gasteiger partial charge on any atom is -0.317 e. The molecule has 2 aliphatic rings. The number of likely N-dealkylation sites (tertiary alicyclic amines) is 1. The monoisotopic (exact) mass is 336 g/mol. The number of hydrogen-bond acceptors (Lipinski definition) is 4. The second-order valence-electron chi connectivity index (χ2n) is 7.36. The van der Waals surface area contributed by atoms with E-state index in [1.165, 1.54) is 43.5 Å². The van der Waals surface area contributed by atoms with Crippen molar-refractivity contribution < 1.29 is 0 Å². The average molecular weight is 336 g/mol. The quantitative estimate of drug-likeness (QED) is 0.923. The van der Waals surface area contributed by atoms with Gasteiger partial charge >= 0.3 is 0 Å². The molecule has 4 heteroatoms. The van der Waals surface area contributed by atoms with Crippen molar-refractivity contribution >= 4 is 0 Å². The highest BCUT2D eigenvalue weighted by atomic mass is 15.2. The molecule has 2 atom stereocenters. The van der Waals surface area contributed by atoms with Crippen molar-refractivity contribution in [3.63, 3.8) is 0 Å². The molecule has 0 radical (unpaired) electrons. The van der Waals surface area contributed by atoms with E-state index >= 15 is 0 Å². The van der Waals surface area contributed by atoms with Gasteiger partial charge in [0.05, 0.1) is 23.5 Å². The second-order valence-corrected chi connectivity index (χ2v) is 7.36. The Balaban J connectivity index is 1.62. The van der Waals surface area contributed by atoms with Crippen LogP contribution in [0.4, 0.5) is 0 Å². The first-order chi connectivity index (χ1) is 12.4. The van der Waals surface area contributed by atoms with E-state index < -0.39 is 0 Å². The molecule has 4 nitrogen and oxygen atoms in total. The third-order valence-electron chi connectivity index (χ3n) is 5.74. The van der Waals surface area contributed by atoms with Gasteiger partial charge < -0.3 is 5.32 Å². The van der Waals surface area contributed by atoms with Gasteiger partial charge in [-0.2, -0.15) is 0 Å². The molecule has 0 bridgehead atoms. The van der Waals surface area contributed by atoms with Crippen LogP contribution in [0.2, 0.25) is 0 Å². The Kier molecular flexibility index (Phi) is 5.38. The van der Waals surface area contributed by atoms with Gasteiger partial charge in [-0.3, -0.25) is 14.9 Å². The van der Waals surface area contributed by atoms with E-state index in [2.05, 4.69) is 34.5 Å². The van der Waals surface area contributed by atoms with Crippen LogP contribution in [0.15, 0.2) is 48.8 Å². The van der Waals surface area contributed by atoms with Crippen LogP contribution in [0.25, 0.3) is 0 Å². The van der Waals surface area contributed by atoms with Crippen molar-refractivity contribution in [3.8, 4) is 0 Å². The first-order valence-corrected chi connectivity index (χ1v) is 9.70. The van der Waals surface area contributed by atoms with Gasteiger partial charge in [-0.1, -0.05) is 12.1 Å². The molecular weight excluding hydrogens is 308 g/mol. The highest BCUT2D eigenvalue weighted by molar-refractivity contribution is 5.15. The van der Waals surface area contributed by atoms with Crippen LogP contribution >= 0.6 is 0 Å². The standard InChI is InChI=1S/C21H28N4/c1-3-12-23-18(6-1)20-8-5-9-21(19-7-2-4-13-24-19)25(20)16-17-10-14-22-15-11-17/h1-4,6-7,12-13,17,20-22H,5,8-11,14-16H2. The molecule has 2 aromatic rings. The van der Waals surface area contributed by atoms with Crippen LogP contribution in [-0.2, 0) is 0 Å². The summed E-state index contributed by atoms with van der Waals surface area (Å²) in [5.74, 6) is 0.775. The van der Waals surface area contributed by atoms with Crippen molar-refractivity contribution in [2.75, 3.05) is 19.6 Å². The molecule has 2 fully saturated rings. The molecule has 2 unspecified atom stereocenters. The van der Waals surface area contributed by atoms with Gasteiger partial charge in [-0.15, -0.1) is 0 Å². The van der Waals surface area contributed by atoms with E-state index in [-0.39, 0.29) is 0 Å². The number of nitrogens with zero attached hydrogens (tertiary/aromatic N) is 3. The average Bonchev–Trinajstić information content (AvgIpc) is 2.70. The van der Waals surface area contributed by atoms with E-state index in [0.717, 1.165) is 25.6 Å². The zero-order valence-corrected chi connectivity index (χ0v) is 14.8. The van der Waals surface area contributed by atoms with Crippen LogP contribution < -0.4 is 5.32 Å². The van der Waals surface area contributed by atoms with Gasteiger partial charge in [0.15, 0.2) is 0 Å². The zero-order valence-electron chi connectivity index (χ0n) is 14.8. The first-order valence-electron chi connectivity index (χ1n) is 9.70. The summed E-state index contributed by atoms with van der Waals surface area (Å²) in [6, 6.07) is 13.5. The molecule has 0 saturated carbocycles. The fraction of sp³-hybridized carbons (Fsp3) is 0.524. The largest absolute Gasteiger partial charge is 0.317 e.